The van der Waals surface area contributed by atoms with E-state index in [0.29, 0.717) is 16.7 Å². The zero-order valence-electron chi connectivity index (χ0n) is 15.6. The third kappa shape index (κ3) is 3.98. The monoisotopic (exact) mass is 387 g/mol. The van der Waals surface area contributed by atoms with E-state index in [1.165, 1.54) is 12.4 Å². The van der Waals surface area contributed by atoms with Gasteiger partial charge in [0.25, 0.3) is 5.91 Å². The normalized spacial score (nSPS) is 10.7. The predicted molar refractivity (Wildman–Crippen MR) is 108 cm³/mol. The molecule has 7 heteroatoms. The second-order valence-corrected chi connectivity index (χ2v) is 6.28. The zero-order valence-corrected chi connectivity index (χ0v) is 15.6. The summed E-state index contributed by atoms with van der Waals surface area (Å²) in [6.45, 7) is 0.168. The molecule has 0 unspecified atom stereocenters. The van der Waals surface area contributed by atoms with Crippen molar-refractivity contribution in [3.8, 4) is 17.0 Å². The van der Waals surface area contributed by atoms with E-state index in [-0.39, 0.29) is 17.7 Å². The molecule has 0 fully saturated rings. The molecule has 2 heterocycles. The number of methoxy groups -OCH3 is 1. The number of nitrogens with one attached hydrogen (secondary N) is 1. The van der Waals surface area contributed by atoms with Gasteiger partial charge in [-0.25, -0.2) is 9.97 Å². The Balaban J connectivity index is 1.50. The van der Waals surface area contributed by atoms with E-state index >= 15 is 0 Å². The summed E-state index contributed by atoms with van der Waals surface area (Å²) >= 11 is 0. The minimum absolute atomic E-state index is 0.0434. The van der Waals surface area contributed by atoms with Gasteiger partial charge in [0, 0.05) is 11.6 Å². The molecule has 0 bridgehead atoms. The van der Waals surface area contributed by atoms with Gasteiger partial charge in [-0.2, -0.15) is 0 Å². The van der Waals surface area contributed by atoms with Crippen LogP contribution in [0.15, 0.2) is 76.2 Å². The Labute approximate surface area is 166 Å². The summed E-state index contributed by atoms with van der Waals surface area (Å²) in [7, 11) is 1.61. The molecular weight excluding hydrogens is 370 g/mol. The van der Waals surface area contributed by atoms with Gasteiger partial charge in [0.15, 0.2) is 11.2 Å². The molecule has 0 spiro atoms. The molecule has 2 aromatic heterocycles. The van der Waals surface area contributed by atoms with Gasteiger partial charge in [0.05, 0.1) is 30.4 Å². The third-order valence-corrected chi connectivity index (χ3v) is 4.40. The Morgan fingerprint density at radius 3 is 2.66 bits per heavy atom. The number of ether oxygens (including phenoxy) is 1. The number of nitrogens with zero attached hydrogens (tertiary/aromatic N) is 2. The summed E-state index contributed by atoms with van der Waals surface area (Å²) in [6.07, 6.45) is 1.44. The maximum atomic E-state index is 12.4. The first-order valence-electron chi connectivity index (χ1n) is 8.90. The summed E-state index contributed by atoms with van der Waals surface area (Å²) in [5, 5.41) is 3.16. The van der Waals surface area contributed by atoms with Crippen LogP contribution < -0.4 is 15.5 Å². The molecule has 4 rings (SSSR count). The molecular formula is C22H17N3O4. The number of amides is 1. The summed E-state index contributed by atoms with van der Waals surface area (Å²) in [6, 6.07) is 17.3. The first-order chi connectivity index (χ1) is 14.1. The lowest BCUT2D eigenvalue weighted by Crippen LogP contribution is -2.24. The van der Waals surface area contributed by atoms with Crippen molar-refractivity contribution in [3.63, 3.8) is 0 Å². The second kappa shape index (κ2) is 7.93. The SMILES string of the molecule is COc1ccc(-c2cc(CNC(=O)c3cc(=O)c4ccccc4o3)ncn2)cc1. The van der Waals surface area contributed by atoms with Crippen molar-refractivity contribution in [2.75, 3.05) is 7.11 Å². The fraction of sp³-hybridized carbons (Fsp3) is 0.0909. The molecule has 4 aromatic rings. The van der Waals surface area contributed by atoms with E-state index in [4.69, 9.17) is 9.15 Å². The van der Waals surface area contributed by atoms with E-state index in [9.17, 15) is 9.59 Å². The molecule has 7 nitrogen and oxygen atoms in total. The quantitative estimate of drug-likeness (QED) is 0.565. The van der Waals surface area contributed by atoms with Crippen LogP contribution in [0.3, 0.4) is 0 Å². The molecule has 2 aromatic carbocycles. The van der Waals surface area contributed by atoms with Crippen molar-refractivity contribution in [2.45, 2.75) is 6.54 Å². The van der Waals surface area contributed by atoms with Crippen LogP contribution in [0, 0.1) is 0 Å². The van der Waals surface area contributed by atoms with Crippen molar-refractivity contribution in [2.24, 2.45) is 0 Å². The van der Waals surface area contributed by atoms with Gasteiger partial charge in [0.1, 0.15) is 17.7 Å². The Kier molecular flexibility index (Phi) is 5.03. The number of rotatable bonds is 5. The molecule has 0 radical (unpaired) electrons. The number of carbonyl (C=O) groups is 1. The topological polar surface area (TPSA) is 94.3 Å². The molecule has 0 atom stereocenters. The summed E-state index contributed by atoms with van der Waals surface area (Å²) < 4.78 is 10.7. The number of aromatic nitrogens is 2. The molecule has 0 aliphatic carbocycles. The molecule has 1 amide bonds. The number of hydrogen-bond acceptors (Lipinski definition) is 6. The molecule has 0 aliphatic rings. The van der Waals surface area contributed by atoms with Crippen molar-refractivity contribution in [1.82, 2.24) is 15.3 Å². The lowest BCUT2D eigenvalue weighted by Gasteiger charge is -2.07. The van der Waals surface area contributed by atoms with E-state index in [0.717, 1.165) is 17.0 Å². The van der Waals surface area contributed by atoms with Gasteiger partial charge in [-0.15, -0.1) is 0 Å². The highest BCUT2D eigenvalue weighted by Gasteiger charge is 2.12. The van der Waals surface area contributed by atoms with Crippen LogP contribution in [0.1, 0.15) is 16.2 Å². The third-order valence-electron chi connectivity index (χ3n) is 4.40. The molecule has 144 valence electrons. The maximum Gasteiger partial charge on any atom is 0.287 e. The largest absolute Gasteiger partial charge is 0.497 e. The minimum atomic E-state index is -0.488. The first kappa shape index (κ1) is 18.4. The maximum absolute atomic E-state index is 12.4. The predicted octanol–water partition coefficient (Wildman–Crippen LogP) is 3.19. The van der Waals surface area contributed by atoms with Crippen molar-refractivity contribution in [3.05, 3.63) is 88.7 Å². The molecule has 0 saturated carbocycles. The van der Waals surface area contributed by atoms with E-state index in [1.54, 1.807) is 37.4 Å². The zero-order chi connectivity index (χ0) is 20.2. The summed E-state index contributed by atoms with van der Waals surface area (Å²) in [4.78, 5) is 33.1. The highest BCUT2D eigenvalue weighted by Crippen LogP contribution is 2.20. The average molecular weight is 387 g/mol. The standard InChI is InChI=1S/C22H17N3O4/c1-28-16-8-6-14(7-9-16)18-10-15(24-13-25-18)12-23-22(27)21-11-19(26)17-4-2-3-5-20(17)29-21/h2-11,13H,12H2,1H3,(H,23,27). The van der Waals surface area contributed by atoms with E-state index in [1.807, 2.05) is 24.3 Å². The van der Waals surface area contributed by atoms with Gasteiger partial charge in [0.2, 0.25) is 0 Å². The average Bonchev–Trinajstić information content (AvgIpc) is 2.77. The highest BCUT2D eigenvalue weighted by molar-refractivity contribution is 5.93. The van der Waals surface area contributed by atoms with Crippen LogP contribution >= 0.6 is 0 Å². The number of carbonyl (C=O) groups excluding carboxylic acids is 1. The minimum Gasteiger partial charge on any atom is -0.497 e. The van der Waals surface area contributed by atoms with E-state index < -0.39 is 5.91 Å². The fourth-order valence-electron chi connectivity index (χ4n) is 2.89. The van der Waals surface area contributed by atoms with Gasteiger partial charge in [-0.05, 0) is 42.5 Å². The highest BCUT2D eigenvalue weighted by atomic mass is 16.5. The fourth-order valence-corrected chi connectivity index (χ4v) is 2.89. The second-order valence-electron chi connectivity index (χ2n) is 6.28. The van der Waals surface area contributed by atoms with Crippen LogP contribution in [-0.2, 0) is 6.54 Å². The van der Waals surface area contributed by atoms with Crippen LogP contribution in [-0.4, -0.2) is 23.0 Å². The summed E-state index contributed by atoms with van der Waals surface area (Å²) in [5.41, 5.74) is 2.36. The van der Waals surface area contributed by atoms with Crippen molar-refractivity contribution >= 4 is 16.9 Å². The Morgan fingerprint density at radius 1 is 1.07 bits per heavy atom. The number of benzene rings is 2. The first-order valence-corrected chi connectivity index (χ1v) is 8.90. The Morgan fingerprint density at radius 2 is 1.86 bits per heavy atom. The van der Waals surface area contributed by atoms with Gasteiger partial charge in [-0.3, -0.25) is 9.59 Å². The van der Waals surface area contributed by atoms with Crippen LogP contribution in [0.2, 0.25) is 0 Å². The lowest BCUT2D eigenvalue weighted by atomic mass is 10.1. The Hall–Kier alpha value is -4.00. The van der Waals surface area contributed by atoms with Gasteiger partial charge >= 0.3 is 0 Å². The van der Waals surface area contributed by atoms with Crippen molar-refractivity contribution < 1.29 is 13.9 Å². The number of hydrogen-bond donors (Lipinski definition) is 1. The number of fused-ring (bicyclic) bond motifs is 1. The molecule has 0 aliphatic heterocycles. The number of para-hydroxylation sites is 1. The Bertz CT molecular complexity index is 1230. The lowest BCUT2D eigenvalue weighted by molar-refractivity contribution is 0.0923. The summed E-state index contributed by atoms with van der Waals surface area (Å²) in [5.74, 6) is 0.225. The molecule has 0 saturated heterocycles. The smallest absolute Gasteiger partial charge is 0.287 e. The van der Waals surface area contributed by atoms with Crippen molar-refractivity contribution in [1.29, 1.82) is 0 Å². The van der Waals surface area contributed by atoms with Gasteiger partial charge < -0.3 is 14.5 Å². The van der Waals surface area contributed by atoms with Crippen LogP contribution in [0.4, 0.5) is 0 Å². The molecule has 1 N–H and O–H groups in total. The van der Waals surface area contributed by atoms with Gasteiger partial charge in [-0.1, -0.05) is 12.1 Å². The van der Waals surface area contributed by atoms with Crippen LogP contribution in [0.25, 0.3) is 22.2 Å². The van der Waals surface area contributed by atoms with E-state index in [2.05, 4.69) is 15.3 Å². The van der Waals surface area contributed by atoms with Crippen LogP contribution in [0.5, 0.6) is 5.75 Å². The molecule has 29 heavy (non-hydrogen) atoms.